The largest absolute Gasteiger partial charge is 0.327 e. The minimum atomic E-state index is 0.474. The van der Waals surface area contributed by atoms with Gasteiger partial charge in [-0.05, 0) is 31.2 Å². The Morgan fingerprint density at radius 1 is 1.44 bits per heavy atom. The maximum atomic E-state index is 6.02. The van der Waals surface area contributed by atoms with E-state index in [-0.39, 0.29) is 0 Å². The molecule has 0 radical (unpaired) electrons. The number of halogens is 1. The SMILES string of the molecule is CSC(C)CCn1c(CCl)nc2c(C)cccc21. The van der Waals surface area contributed by atoms with Crippen LogP contribution >= 0.6 is 23.4 Å². The number of aromatic nitrogens is 2. The number of hydrogen-bond acceptors (Lipinski definition) is 2. The van der Waals surface area contributed by atoms with Crippen molar-refractivity contribution < 1.29 is 0 Å². The van der Waals surface area contributed by atoms with Crippen LogP contribution < -0.4 is 0 Å². The third kappa shape index (κ3) is 2.67. The summed E-state index contributed by atoms with van der Waals surface area (Å²) in [5.74, 6) is 1.45. The Bertz CT molecular complexity index is 536. The molecule has 0 fully saturated rings. The third-order valence-electron chi connectivity index (χ3n) is 3.34. The summed E-state index contributed by atoms with van der Waals surface area (Å²) in [6.45, 7) is 5.35. The molecule has 1 aromatic carbocycles. The summed E-state index contributed by atoms with van der Waals surface area (Å²) in [6, 6.07) is 6.32. The van der Waals surface area contributed by atoms with Crippen LogP contribution in [0.2, 0.25) is 0 Å². The molecule has 18 heavy (non-hydrogen) atoms. The van der Waals surface area contributed by atoms with E-state index in [1.807, 2.05) is 11.8 Å². The van der Waals surface area contributed by atoms with Gasteiger partial charge in [-0.25, -0.2) is 4.98 Å². The van der Waals surface area contributed by atoms with E-state index >= 15 is 0 Å². The first-order chi connectivity index (χ1) is 8.67. The minimum absolute atomic E-state index is 0.474. The van der Waals surface area contributed by atoms with Gasteiger partial charge < -0.3 is 4.57 Å². The molecule has 2 aromatic rings. The van der Waals surface area contributed by atoms with Gasteiger partial charge in [0, 0.05) is 11.8 Å². The van der Waals surface area contributed by atoms with Gasteiger partial charge in [0.2, 0.25) is 0 Å². The zero-order chi connectivity index (χ0) is 13.1. The van der Waals surface area contributed by atoms with E-state index in [4.69, 9.17) is 11.6 Å². The standard InChI is InChI=1S/C14H19ClN2S/c1-10-5-4-6-12-14(10)16-13(9-15)17(12)8-7-11(2)18-3/h4-6,11H,7-9H2,1-3H3. The molecule has 0 saturated carbocycles. The zero-order valence-electron chi connectivity index (χ0n) is 11.1. The molecule has 2 rings (SSSR count). The number of rotatable bonds is 5. The fraction of sp³-hybridized carbons (Fsp3) is 0.500. The lowest BCUT2D eigenvalue weighted by Gasteiger charge is -2.11. The van der Waals surface area contributed by atoms with Gasteiger partial charge in [-0.1, -0.05) is 19.1 Å². The molecule has 98 valence electrons. The van der Waals surface area contributed by atoms with Crippen molar-refractivity contribution in [2.45, 2.75) is 37.9 Å². The summed E-state index contributed by atoms with van der Waals surface area (Å²) >= 11 is 7.92. The van der Waals surface area contributed by atoms with Gasteiger partial charge in [-0.3, -0.25) is 0 Å². The van der Waals surface area contributed by atoms with Crippen molar-refractivity contribution in [2.24, 2.45) is 0 Å². The third-order valence-corrected chi connectivity index (χ3v) is 4.62. The van der Waals surface area contributed by atoms with Crippen LogP contribution in [0.1, 0.15) is 24.7 Å². The number of alkyl halides is 1. The van der Waals surface area contributed by atoms with Crippen molar-refractivity contribution in [3.8, 4) is 0 Å². The summed E-state index contributed by atoms with van der Waals surface area (Å²) < 4.78 is 2.27. The highest BCUT2D eigenvalue weighted by molar-refractivity contribution is 7.99. The molecule has 1 atom stereocenters. The van der Waals surface area contributed by atoms with E-state index in [1.165, 1.54) is 11.1 Å². The smallest absolute Gasteiger partial charge is 0.124 e. The molecule has 1 unspecified atom stereocenters. The summed E-state index contributed by atoms with van der Waals surface area (Å²) in [6.07, 6.45) is 3.30. The minimum Gasteiger partial charge on any atom is -0.327 e. The lowest BCUT2D eigenvalue weighted by atomic mass is 10.2. The number of hydrogen-bond donors (Lipinski definition) is 0. The number of para-hydroxylation sites is 1. The van der Waals surface area contributed by atoms with Crippen LogP contribution in [0.3, 0.4) is 0 Å². The van der Waals surface area contributed by atoms with Gasteiger partial charge in [0.25, 0.3) is 0 Å². The number of imidazole rings is 1. The normalized spacial score (nSPS) is 13.1. The second-order valence-corrected chi connectivity index (χ2v) is 6.13. The van der Waals surface area contributed by atoms with Crippen molar-refractivity contribution in [1.82, 2.24) is 9.55 Å². The van der Waals surface area contributed by atoms with E-state index in [0.717, 1.165) is 24.3 Å². The molecule has 0 amide bonds. The lowest BCUT2D eigenvalue weighted by Crippen LogP contribution is -2.07. The van der Waals surface area contributed by atoms with Crippen LogP contribution in [0.15, 0.2) is 18.2 Å². The van der Waals surface area contributed by atoms with Gasteiger partial charge >= 0.3 is 0 Å². The van der Waals surface area contributed by atoms with Gasteiger partial charge in [-0.2, -0.15) is 11.8 Å². The van der Waals surface area contributed by atoms with Gasteiger partial charge in [0.15, 0.2) is 0 Å². The summed E-state index contributed by atoms with van der Waals surface area (Å²) in [5.41, 5.74) is 3.51. The van der Waals surface area contributed by atoms with Crippen molar-refractivity contribution in [3.05, 3.63) is 29.6 Å². The fourth-order valence-electron chi connectivity index (χ4n) is 2.12. The highest BCUT2D eigenvalue weighted by Crippen LogP contribution is 2.22. The number of thioether (sulfide) groups is 1. The van der Waals surface area contributed by atoms with Gasteiger partial charge in [0.05, 0.1) is 16.9 Å². The molecular formula is C14H19ClN2S. The van der Waals surface area contributed by atoms with E-state index in [2.05, 4.69) is 47.9 Å². The highest BCUT2D eigenvalue weighted by atomic mass is 35.5. The first kappa shape index (κ1) is 13.8. The molecule has 2 nitrogen and oxygen atoms in total. The van der Waals surface area contributed by atoms with Crippen molar-refractivity contribution in [2.75, 3.05) is 6.26 Å². The average Bonchev–Trinajstić information content (AvgIpc) is 2.75. The van der Waals surface area contributed by atoms with Crippen LogP contribution in [-0.4, -0.2) is 21.1 Å². The topological polar surface area (TPSA) is 17.8 Å². The fourth-order valence-corrected chi connectivity index (χ4v) is 2.66. The molecule has 0 N–H and O–H groups in total. The van der Waals surface area contributed by atoms with E-state index in [0.29, 0.717) is 11.1 Å². The molecule has 4 heteroatoms. The lowest BCUT2D eigenvalue weighted by molar-refractivity contribution is 0.636. The summed E-state index contributed by atoms with van der Waals surface area (Å²) in [4.78, 5) is 4.66. The van der Waals surface area contributed by atoms with Crippen LogP contribution in [-0.2, 0) is 12.4 Å². The molecule has 0 aliphatic heterocycles. The van der Waals surface area contributed by atoms with E-state index in [1.54, 1.807) is 0 Å². The highest BCUT2D eigenvalue weighted by Gasteiger charge is 2.12. The predicted molar refractivity (Wildman–Crippen MR) is 81.6 cm³/mol. The van der Waals surface area contributed by atoms with Crippen LogP contribution in [0, 0.1) is 6.92 Å². The quantitative estimate of drug-likeness (QED) is 0.764. The summed E-state index contributed by atoms with van der Waals surface area (Å²) in [5, 5.41) is 0.662. The monoisotopic (exact) mass is 282 g/mol. The maximum Gasteiger partial charge on any atom is 0.124 e. The predicted octanol–water partition coefficient (Wildman–Crippen LogP) is 4.23. The molecule has 0 saturated heterocycles. The first-order valence-corrected chi connectivity index (χ1v) is 8.03. The Labute approximate surface area is 118 Å². The van der Waals surface area contributed by atoms with Gasteiger partial charge in [-0.15, -0.1) is 11.6 Å². The number of nitrogens with zero attached hydrogens (tertiary/aromatic N) is 2. The molecule has 1 aromatic heterocycles. The first-order valence-electron chi connectivity index (χ1n) is 6.21. The van der Waals surface area contributed by atoms with Crippen molar-refractivity contribution in [1.29, 1.82) is 0 Å². The Hall–Kier alpha value is -0.670. The Kier molecular flexibility index (Phi) is 4.57. The second-order valence-electron chi connectivity index (χ2n) is 4.59. The molecule has 1 heterocycles. The number of fused-ring (bicyclic) bond motifs is 1. The molecule has 0 spiro atoms. The van der Waals surface area contributed by atoms with E-state index in [9.17, 15) is 0 Å². The Balaban J connectivity index is 2.38. The Morgan fingerprint density at radius 2 is 2.22 bits per heavy atom. The number of aryl methyl sites for hydroxylation is 2. The molecule has 0 aliphatic carbocycles. The van der Waals surface area contributed by atoms with E-state index < -0.39 is 0 Å². The summed E-state index contributed by atoms with van der Waals surface area (Å²) in [7, 11) is 0. The van der Waals surface area contributed by atoms with Gasteiger partial charge in [0.1, 0.15) is 5.82 Å². The zero-order valence-corrected chi connectivity index (χ0v) is 12.7. The van der Waals surface area contributed by atoms with Crippen molar-refractivity contribution >= 4 is 34.4 Å². The molecule has 0 aliphatic rings. The van der Waals surface area contributed by atoms with Crippen LogP contribution in [0.5, 0.6) is 0 Å². The molecule has 0 bridgehead atoms. The van der Waals surface area contributed by atoms with Crippen LogP contribution in [0.25, 0.3) is 11.0 Å². The average molecular weight is 283 g/mol. The maximum absolute atomic E-state index is 6.02. The van der Waals surface area contributed by atoms with Crippen molar-refractivity contribution in [3.63, 3.8) is 0 Å². The second kappa shape index (κ2) is 5.98. The van der Waals surface area contributed by atoms with Crippen LogP contribution in [0.4, 0.5) is 0 Å². The number of benzene rings is 1. The molecular weight excluding hydrogens is 264 g/mol. The Morgan fingerprint density at radius 3 is 2.89 bits per heavy atom.